The second-order valence-electron chi connectivity index (χ2n) is 6.97. The number of ether oxygens (including phenoxy) is 2. The summed E-state index contributed by atoms with van der Waals surface area (Å²) < 4.78 is 11.5. The van der Waals surface area contributed by atoms with E-state index in [4.69, 9.17) is 21.1 Å². The highest BCUT2D eigenvalue weighted by atomic mass is 35.5. The third kappa shape index (κ3) is 2.66. The number of cyclic esters (lactones) is 1. The summed E-state index contributed by atoms with van der Waals surface area (Å²) in [5, 5.41) is 0.566. The Labute approximate surface area is 172 Å². The van der Waals surface area contributed by atoms with Crippen LogP contribution in [0.1, 0.15) is 23.5 Å². The first-order chi connectivity index (χ1) is 14.1. The van der Waals surface area contributed by atoms with Crippen LogP contribution in [-0.4, -0.2) is 17.5 Å². The summed E-state index contributed by atoms with van der Waals surface area (Å²) in [5.74, 6) is -1.12. The molecule has 0 bridgehead atoms. The number of anilines is 1. The molecule has 3 aromatic carbocycles. The number of hydrogen-bond acceptors (Lipinski definition) is 4. The molecule has 5 rings (SSSR count). The number of benzene rings is 3. The van der Waals surface area contributed by atoms with Crippen molar-refractivity contribution in [3.63, 3.8) is 0 Å². The maximum atomic E-state index is 13.3. The summed E-state index contributed by atoms with van der Waals surface area (Å²) in [4.78, 5) is 27.8. The number of halogens is 1. The van der Waals surface area contributed by atoms with E-state index in [0.717, 1.165) is 5.56 Å². The lowest BCUT2D eigenvalue weighted by Gasteiger charge is -2.50. The number of β-lactam (4-membered cyclic amide) rings is 1. The Bertz CT molecular complexity index is 1070. The standard InChI is InChI=1S/C23H16ClNO4/c24-17-13-11-15(12-14-17)19-23(21(26)25(19)18-9-5-2-6-10-18)22(27)28-20(29-23)16-7-3-1-4-8-16/h1-14,19-20H/t19-,20-,23-/m0/s1. The Morgan fingerprint density at radius 3 is 2.07 bits per heavy atom. The van der Waals surface area contributed by atoms with Crippen LogP contribution in [0.25, 0.3) is 0 Å². The van der Waals surface area contributed by atoms with Crippen molar-refractivity contribution in [3.8, 4) is 0 Å². The van der Waals surface area contributed by atoms with E-state index in [-0.39, 0.29) is 0 Å². The summed E-state index contributed by atoms with van der Waals surface area (Å²) in [6, 6.07) is 24.7. The van der Waals surface area contributed by atoms with Gasteiger partial charge in [-0.05, 0) is 29.8 Å². The molecule has 1 amide bonds. The van der Waals surface area contributed by atoms with Gasteiger partial charge in [0.1, 0.15) is 6.04 Å². The van der Waals surface area contributed by atoms with Gasteiger partial charge in [0.2, 0.25) is 6.29 Å². The van der Waals surface area contributed by atoms with Gasteiger partial charge in [-0.15, -0.1) is 0 Å². The Balaban J connectivity index is 1.59. The molecule has 0 saturated carbocycles. The van der Waals surface area contributed by atoms with Gasteiger partial charge in [-0.1, -0.05) is 72.3 Å². The zero-order valence-corrected chi connectivity index (χ0v) is 16.0. The van der Waals surface area contributed by atoms with Crippen molar-refractivity contribution in [1.29, 1.82) is 0 Å². The summed E-state index contributed by atoms with van der Waals surface area (Å²) in [7, 11) is 0. The van der Waals surface area contributed by atoms with Crippen LogP contribution in [0, 0.1) is 0 Å². The van der Waals surface area contributed by atoms with E-state index in [0.29, 0.717) is 16.3 Å². The fourth-order valence-electron chi connectivity index (χ4n) is 3.90. The smallest absolute Gasteiger partial charge is 0.353 e. The molecule has 144 valence electrons. The van der Waals surface area contributed by atoms with Gasteiger partial charge in [-0.25, -0.2) is 4.79 Å². The molecule has 0 aromatic heterocycles. The predicted molar refractivity (Wildman–Crippen MR) is 107 cm³/mol. The highest BCUT2D eigenvalue weighted by molar-refractivity contribution is 6.30. The molecule has 0 unspecified atom stereocenters. The van der Waals surface area contributed by atoms with Crippen LogP contribution in [0.4, 0.5) is 5.69 Å². The van der Waals surface area contributed by atoms with Crippen LogP contribution in [0.3, 0.4) is 0 Å². The highest BCUT2D eigenvalue weighted by Crippen LogP contribution is 2.54. The lowest BCUT2D eigenvalue weighted by Crippen LogP contribution is -2.71. The van der Waals surface area contributed by atoms with E-state index < -0.39 is 29.8 Å². The SMILES string of the molecule is O=C1O[C@H](c2ccccc2)O[C@@]12C(=O)N(c1ccccc1)[C@H]2c1ccc(Cl)cc1. The minimum Gasteiger partial charge on any atom is -0.429 e. The first-order valence-electron chi connectivity index (χ1n) is 9.19. The van der Waals surface area contributed by atoms with Crippen LogP contribution in [-0.2, 0) is 19.1 Å². The third-order valence-electron chi connectivity index (χ3n) is 5.28. The first-order valence-corrected chi connectivity index (χ1v) is 9.57. The molecule has 0 aliphatic carbocycles. The van der Waals surface area contributed by atoms with Crippen molar-refractivity contribution in [2.24, 2.45) is 0 Å². The number of carbonyl (C=O) groups is 2. The molecule has 2 fully saturated rings. The van der Waals surface area contributed by atoms with E-state index in [2.05, 4.69) is 0 Å². The molecule has 1 spiro atoms. The van der Waals surface area contributed by atoms with Gasteiger partial charge in [-0.3, -0.25) is 9.69 Å². The normalized spacial score (nSPS) is 25.8. The molecule has 0 radical (unpaired) electrons. The van der Waals surface area contributed by atoms with Gasteiger partial charge < -0.3 is 9.47 Å². The third-order valence-corrected chi connectivity index (χ3v) is 5.53. The average Bonchev–Trinajstić information content (AvgIpc) is 3.13. The van der Waals surface area contributed by atoms with Crippen molar-refractivity contribution < 1.29 is 19.1 Å². The molecule has 2 aliphatic heterocycles. The second kappa shape index (κ2) is 6.72. The van der Waals surface area contributed by atoms with Crippen LogP contribution in [0.15, 0.2) is 84.9 Å². The minimum atomic E-state index is -1.72. The fraction of sp³-hybridized carbons (Fsp3) is 0.130. The molecular formula is C23H16ClNO4. The molecule has 29 heavy (non-hydrogen) atoms. The average molecular weight is 406 g/mol. The van der Waals surface area contributed by atoms with Crippen LogP contribution in [0.5, 0.6) is 0 Å². The van der Waals surface area contributed by atoms with Gasteiger partial charge >= 0.3 is 5.97 Å². The molecule has 2 saturated heterocycles. The summed E-state index contributed by atoms with van der Waals surface area (Å²) in [6.45, 7) is 0. The first kappa shape index (κ1) is 17.9. The van der Waals surface area contributed by atoms with Gasteiger partial charge in [0.05, 0.1) is 0 Å². The van der Waals surface area contributed by atoms with Gasteiger partial charge in [0, 0.05) is 16.3 Å². The Morgan fingerprint density at radius 2 is 1.41 bits per heavy atom. The van der Waals surface area contributed by atoms with Crippen molar-refractivity contribution in [2.45, 2.75) is 17.9 Å². The Hall–Kier alpha value is -3.15. The number of amides is 1. The molecule has 3 aromatic rings. The Kier molecular flexibility index (Phi) is 4.15. The van der Waals surface area contributed by atoms with E-state index in [1.807, 2.05) is 48.5 Å². The van der Waals surface area contributed by atoms with Gasteiger partial charge in [0.25, 0.3) is 11.5 Å². The van der Waals surface area contributed by atoms with Gasteiger partial charge in [0.15, 0.2) is 0 Å². The Morgan fingerprint density at radius 1 is 0.793 bits per heavy atom. The van der Waals surface area contributed by atoms with E-state index in [1.165, 1.54) is 0 Å². The molecule has 5 nitrogen and oxygen atoms in total. The van der Waals surface area contributed by atoms with E-state index in [9.17, 15) is 9.59 Å². The summed E-state index contributed by atoms with van der Waals surface area (Å²) in [6.07, 6.45) is -0.930. The van der Waals surface area contributed by atoms with Crippen LogP contribution < -0.4 is 4.90 Å². The quantitative estimate of drug-likeness (QED) is 0.367. The monoisotopic (exact) mass is 405 g/mol. The zero-order chi connectivity index (χ0) is 20.0. The maximum absolute atomic E-state index is 13.3. The van der Waals surface area contributed by atoms with Crippen molar-refractivity contribution in [3.05, 3.63) is 101 Å². The number of esters is 1. The molecule has 2 aliphatic rings. The molecule has 2 heterocycles. The topological polar surface area (TPSA) is 55.8 Å². The number of nitrogens with zero attached hydrogens (tertiary/aromatic N) is 1. The van der Waals surface area contributed by atoms with E-state index in [1.54, 1.807) is 41.3 Å². The molecule has 0 N–H and O–H groups in total. The zero-order valence-electron chi connectivity index (χ0n) is 15.2. The second-order valence-corrected chi connectivity index (χ2v) is 7.40. The summed E-state index contributed by atoms with van der Waals surface area (Å²) in [5.41, 5.74) is 0.383. The number of carbonyl (C=O) groups excluding carboxylic acids is 2. The maximum Gasteiger partial charge on any atom is 0.353 e. The van der Waals surface area contributed by atoms with Gasteiger partial charge in [-0.2, -0.15) is 0 Å². The fourth-order valence-corrected chi connectivity index (χ4v) is 4.02. The largest absolute Gasteiger partial charge is 0.429 e. The summed E-state index contributed by atoms with van der Waals surface area (Å²) >= 11 is 6.04. The van der Waals surface area contributed by atoms with Crippen LogP contribution in [0.2, 0.25) is 5.02 Å². The molecule has 6 heteroatoms. The molecule has 3 atom stereocenters. The lowest BCUT2D eigenvalue weighted by atomic mass is 9.77. The van der Waals surface area contributed by atoms with Crippen molar-refractivity contribution in [1.82, 2.24) is 0 Å². The van der Waals surface area contributed by atoms with Crippen molar-refractivity contribution in [2.75, 3.05) is 4.90 Å². The molecular weight excluding hydrogens is 390 g/mol. The number of hydrogen-bond donors (Lipinski definition) is 0. The number of rotatable bonds is 3. The van der Waals surface area contributed by atoms with Crippen molar-refractivity contribution >= 4 is 29.2 Å². The minimum absolute atomic E-state index is 0.438. The number of para-hydroxylation sites is 1. The lowest BCUT2D eigenvalue weighted by molar-refractivity contribution is -0.168. The predicted octanol–water partition coefficient (Wildman–Crippen LogP) is 4.44. The highest BCUT2D eigenvalue weighted by Gasteiger charge is 2.73. The van der Waals surface area contributed by atoms with E-state index >= 15 is 0 Å². The van der Waals surface area contributed by atoms with Crippen LogP contribution >= 0.6 is 11.6 Å².